The summed E-state index contributed by atoms with van der Waals surface area (Å²) in [5.41, 5.74) is 0.938. The third kappa shape index (κ3) is 3.76. The van der Waals surface area contributed by atoms with E-state index in [1.54, 1.807) is 7.05 Å². The van der Waals surface area contributed by atoms with E-state index in [-0.39, 0.29) is 29.2 Å². The molecule has 3 saturated heterocycles. The second kappa shape index (κ2) is 9.17. The Morgan fingerprint density at radius 3 is 2.03 bits per heavy atom. The lowest BCUT2D eigenvalue weighted by Gasteiger charge is -2.50. The maximum absolute atomic E-state index is 13.2. The van der Waals surface area contributed by atoms with Crippen LogP contribution in [-0.2, 0) is 9.59 Å². The summed E-state index contributed by atoms with van der Waals surface area (Å²) >= 11 is 0. The molecule has 1 aromatic carbocycles. The summed E-state index contributed by atoms with van der Waals surface area (Å²) in [5, 5.41) is 0. The van der Waals surface area contributed by atoms with Crippen molar-refractivity contribution in [1.82, 2.24) is 9.80 Å². The molecule has 4 aliphatic rings. The third-order valence-corrected chi connectivity index (χ3v) is 8.97. The quantitative estimate of drug-likeness (QED) is 0.641. The molecule has 5 rings (SSSR count). The number of piperidine rings is 1. The molecule has 1 aliphatic carbocycles. The lowest BCUT2D eigenvalue weighted by atomic mass is 9.74. The van der Waals surface area contributed by atoms with Gasteiger partial charge in [0.15, 0.2) is 0 Å². The molecule has 0 N–H and O–H groups in total. The van der Waals surface area contributed by atoms with E-state index in [1.165, 1.54) is 62.7 Å². The van der Waals surface area contributed by atoms with Crippen molar-refractivity contribution in [3.05, 3.63) is 30.3 Å². The third-order valence-electron chi connectivity index (χ3n) is 8.97. The minimum absolute atomic E-state index is 0.0209. The number of amides is 2. The minimum Gasteiger partial charge on any atom is -0.364 e. The van der Waals surface area contributed by atoms with Gasteiger partial charge in [-0.2, -0.15) is 0 Å². The van der Waals surface area contributed by atoms with Gasteiger partial charge in [-0.1, -0.05) is 63.1 Å². The summed E-state index contributed by atoms with van der Waals surface area (Å²) < 4.78 is 0. The Morgan fingerprint density at radius 2 is 1.41 bits per heavy atom. The van der Waals surface area contributed by atoms with Gasteiger partial charge >= 0.3 is 0 Å². The number of hydrogen-bond acceptors (Lipinski definition) is 4. The van der Waals surface area contributed by atoms with Crippen LogP contribution in [0, 0.1) is 11.8 Å². The highest BCUT2D eigenvalue weighted by atomic mass is 16.2. The first-order valence-electron chi connectivity index (χ1n) is 13.0. The normalized spacial score (nSPS) is 30.2. The Bertz CT molecular complexity index is 807. The van der Waals surface area contributed by atoms with Crippen LogP contribution in [0.4, 0.5) is 5.69 Å². The predicted molar refractivity (Wildman–Crippen MR) is 127 cm³/mol. The number of nitrogens with zero attached hydrogens (tertiary/aromatic N) is 3. The average molecular weight is 438 g/mol. The molecular weight excluding hydrogens is 398 g/mol. The first-order valence-corrected chi connectivity index (χ1v) is 13.0. The van der Waals surface area contributed by atoms with Crippen molar-refractivity contribution < 1.29 is 9.59 Å². The molecule has 0 aromatic heterocycles. The molecule has 5 nitrogen and oxygen atoms in total. The van der Waals surface area contributed by atoms with E-state index in [9.17, 15) is 9.59 Å². The summed E-state index contributed by atoms with van der Waals surface area (Å²) in [6.45, 7) is 2.76. The molecule has 0 unspecified atom stereocenters. The molecule has 0 radical (unpaired) electrons. The molecule has 4 fully saturated rings. The molecule has 3 heterocycles. The maximum atomic E-state index is 13.2. The molecule has 32 heavy (non-hydrogen) atoms. The number of benzene rings is 1. The average Bonchev–Trinajstić information content (AvgIpc) is 3.26. The fourth-order valence-corrected chi connectivity index (χ4v) is 7.20. The monoisotopic (exact) mass is 437 g/mol. The van der Waals surface area contributed by atoms with E-state index in [0.29, 0.717) is 12.6 Å². The summed E-state index contributed by atoms with van der Waals surface area (Å²) in [4.78, 5) is 32.7. The van der Waals surface area contributed by atoms with Crippen LogP contribution in [0.3, 0.4) is 0 Å². The molecule has 2 amide bonds. The topological polar surface area (TPSA) is 43.9 Å². The number of anilines is 1. The Hall–Kier alpha value is -1.88. The Labute approximate surface area is 193 Å². The second-order valence-corrected chi connectivity index (χ2v) is 10.6. The van der Waals surface area contributed by atoms with E-state index < -0.39 is 0 Å². The fraction of sp³-hybridized carbons (Fsp3) is 0.704. The molecule has 1 aromatic rings. The lowest BCUT2D eigenvalue weighted by molar-refractivity contribution is -0.139. The van der Waals surface area contributed by atoms with Crippen LogP contribution in [0.15, 0.2) is 30.3 Å². The van der Waals surface area contributed by atoms with Gasteiger partial charge in [0.25, 0.3) is 0 Å². The number of imide groups is 1. The van der Waals surface area contributed by atoms with E-state index in [4.69, 9.17) is 0 Å². The van der Waals surface area contributed by atoms with Gasteiger partial charge in [-0.05, 0) is 37.8 Å². The van der Waals surface area contributed by atoms with Crippen molar-refractivity contribution in [3.8, 4) is 0 Å². The van der Waals surface area contributed by atoms with Gasteiger partial charge < -0.3 is 9.80 Å². The van der Waals surface area contributed by atoms with Crippen LogP contribution in [0.1, 0.15) is 70.6 Å². The second-order valence-electron chi connectivity index (χ2n) is 10.6. The first-order chi connectivity index (χ1) is 15.6. The summed E-state index contributed by atoms with van der Waals surface area (Å²) in [6.07, 6.45) is 14.3. The number of carbonyl (C=O) groups is 2. The molecule has 1 spiro atoms. The number of carbonyl (C=O) groups excluding carboxylic acids is 2. The van der Waals surface area contributed by atoms with Crippen molar-refractivity contribution in [2.75, 3.05) is 31.6 Å². The van der Waals surface area contributed by atoms with Crippen LogP contribution in [0.25, 0.3) is 0 Å². The zero-order chi connectivity index (χ0) is 22.1. The van der Waals surface area contributed by atoms with Crippen LogP contribution in [0.5, 0.6) is 0 Å². The molecule has 1 saturated carbocycles. The van der Waals surface area contributed by atoms with Gasteiger partial charge in [-0.25, -0.2) is 0 Å². The highest BCUT2D eigenvalue weighted by Crippen LogP contribution is 2.51. The fourth-order valence-electron chi connectivity index (χ4n) is 7.20. The standard InChI is InChI=1S/C27H39N3O2/c1-28-25(31)23-20-30(22-14-10-7-11-15-22)27(24(23)26(28)32)16-18-29(19-17-27)21-12-8-5-3-2-4-6-9-13-21/h7,10-11,14-15,21,23-24H,2-6,8-9,12-13,16-20H2,1H3/t23-,24+/m1/s1. The number of para-hydroxylation sites is 1. The zero-order valence-corrected chi connectivity index (χ0v) is 19.7. The lowest BCUT2D eigenvalue weighted by Crippen LogP contribution is -2.59. The van der Waals surface area contributed by atoms with Crippen LogP contribution >= 0.6 is 0 Å². The molecule has 3 aliphatic heterocycles. The number of rotatable bonds is 2. The van der Waals surface area contributed by atoms with Crippen LogP contribution < -0.4 is 4.90 Å². The maximum Gasteiger partial charge on any atom is 0.235 e. The molecule has 2 atom stereocenters. The van der Waals surface area contributed by atoms with Gasteiger partial charge in [0.05, 0.1) is 17.4 Å². The number of fused-ring (bicyclic) bond motifs is 2. The van der Waals surface area contributed by atoms with Gasteiger partial charge in [0.1, 0.15) is 0 Å². The van der Waals surface area contributed by atoms with Crippen LogP contribution in [0.2, 0.25) is 0 Å². The zero-order valence-electron chi connectivity index (χ0n) is 19.7. The predicted octanol–water partition coefficient (Wildman–Crippen LogP) is 4.47. The van der Waals surface area contributed by atoms with Gasteiger partial charge in [-0.15, -0.1) is 0 Å². The smallest absolute Gasteiger partial charge is 0.235 e. The first kappa shape index (κ1) is 21.9. The summed E-state index contributed by atoms with van der Waals surface area (Å²) in [5.74, 6) is -0.308. The number of likely N-dealkylation sites (tertiary alicyclic amines) is 2. The largest absolute Gasteiger partial charge is 0.364 e. The van der Waals surface area contributed by atoms with Crippen molar-refractivity contribution in [2.24, 2.45) is 11.8 Å². The van der Waals surface area contributed by atoms with Gasteiger partial charge in [0.2, 0.25) is 11.8 Å². The van der Waals surface area contributed by atoms with Crippen LogP contribution in [-0.4, -0.2) is 59.9 Å². The van der Waals surface area contributed by atoms with E-state index in [0.717, 1.165) is 31.6 Å². The minimum atomic E-state index is -0.226. The van der Waals surface area contributed by atoms with Crippen molar-refractivity contribution >= 4 is 17.5 Å². The summed E-state index contributed by atoms with van der Waals surface area (Å²) in [7, 11) is 1.68. The molecule has 5 heteroatoms. The van der Waals surface area contributed by atoms with E-state index >= 15 is 0 Å². The molecule has 174 valence electrons. The van der Waals surface area contributed by atoms with Crippen molar-refractivity contribution in [3.63, 3.8) is 0 Å². The highest BCUT2D eigenvalue weighted by Gasteiger charge is 2.64. The highest BCUT2D eigenvalue weighted by molar-refractivity contribution is 6.07. The van der Waals surface area contributed by atoms with Gasteiger partial charge in [-0.3, -0.25) is 14.5 Å². The summed E-state index contributed by atoms with van der Waals surface area (Å²) in [6, 6.07) is 11.2. The number of hydrogen-bond donors (Lipinski definition) is 0. The van der Waals surface area contributed by atoms with E-state index in [2.05, 4.69) is 34.1 Å². The van der Waals surface area contributed by atoms with Crippen molar-refractivity contribution in [2.45, 2.75) is 82.2 Å². The van der Waals surface area contributed by atoms with Crippen molar-refractivity contribution in [1.29, 1.82) is 0 Å². The Balaban J connectivity index is 1.37. The SMILES string of the molecule is CN1C(=O)[C@@H]2[C@@H](CN(c3ccccc3)C23CCN(C2CCCCCCCCC2)CC3)C1=O. The Morgan fingerprint density at radius 1 is 0.812 bits per heavy atom. The molecule has 0 bridgehead atoms. The van der Waals surface area contributed by atoms with Gasteiger partial charge in [0, 0.05) is 38.4 Å². The Kier molecular flexibility index (Phi) is 6.28. The molecular formula is C27H39N3O2. The van der Waals surface area contributed by atoms with E-state index in [1.807, 2.05) is 6.07 Å².